The summed E-state index contributed by atoms with van der Waals surface area (Å²) >= 11 is 0. The molecule has 3 heteroatoms. The zero-order valence-corrected chi connectivity index (χ0v) is 10.5. The van der Waals surface area contributed by atoms with Crippen molar-refractivity contribution in [3.05, 3.63) is 0 Å². The standard InChI is InChI=1S/C13H25NO2/c1-10(9-11(2)15)14-13(16)8-7-12-5-3-4-6-12/h10-12,15H,3-9H2,1-2H3,(H,14,16). The lowest BCUT2D eigenvalue weighted by Crippen LogP contribution is -2.34. The van der Waals surface area contributed by atoms with Crippen molar-refractivity contribution in [1.82, 2.24) is 5.32 Å². The lowest BCUT2D eigenvalue weighted by Gasteiger charge is -2.16. The number of hydrogen-bond donors (Lipinski definition) is 2. The number of rotatable bonds is 6. The number of carbonyl (C=O) groups is 1. The molecule has 1 saturated carbocycles. The first-order valence-electron chi connectivity index (χ1n) is 6.55. The Morgan fingerprint density at radius 2 is 2.00 bits per heavy atom. The van der Waals surface area contributed by atoms with Gasteiger partial charge in [0, 0.05) is 12.5 Å². The van der Waals surface area contributed by atoms with E-state index in [0.29, 0.717) is 12.8 Å². The van der Waals surface area contributed by atoms with Crippen molar-refractivity contribution < 1.29 is 9.90 Å². The van der Waals surface area contributed by atoms with Gasteiger partial charge in [0.1, 0.15) is 0 Å². The van der Waals surface area contributed by atoms with Crippen LogP contribution in [0, 0.1) is 5.92 Å². The first kappa shape index (κ1) is 13.5. The van der Waals surface area contributed by atoms with Crippen molar-refractivity contribution in [3.8, 4) is 0 Å². The molecule has 0 aromatic heterocycles. The maximum Gasteiger partial charge on any atom is 0.220 e. The molecular weight excluding hydrogens is 202 g/mol. The minimum absolute atomic E-state index is 0.0797. The smallest absolute Gasteiger partial charge is 0.220 e. The first-order valence-corrected chi connectivity index (χ1v) is 6.55. The molecule has 1 fully saturated rings. The van der Waals surface area contributed by atoms with E-state index in [1.54, 1.807) is 6.92 Å². The molecule has 0 aromatic carbocycles. The third-order valence-electron chi connectivity index (χ3n) is 3.36. The normalized spacial score (nSPS) is 20.7. The van der Waals surface area contributed by atoms with Crippen LogP contribution in [0.4, 0.5) is 0 Å². The second-order valence-corrected chi connectivity index (χ2v) is 5.24. The molecule has 0 aliphatic heterocycles. The maximum absolute atomic E-state index is 11.6. The molecule has 0 aromatic rings. The number of hydrogen-bond acceptors (Lipinski definition) is 2. The van der Waals surface area contributed by atoms with E-state index >= 15 is 0 Å². The van der Waals surface area contributed by atoms with Crippen LogP contribution in [-0.2, 0) is 4.79 Å². The summed E-state index contributed by atoms with van der Waals surface area (Å²) in [5, 5.41) is 12.1. The van der Waals surface area contributed by atoms with Gasteiger partial charge in [-0.05, 0) is 32.6 Å². The largest absolute Gasteiger partial charge is 0.393 e. The summed E-state index contributed by atoms with van der Waals surface area (Å²) in [4.78, 5) is 11.6. The molecular formula is C13H25NO2. The van der Waals surface area contributed by atoms with E-state index < -0.39 is 0 Å². The highest BCUT2D eigenvalue weighted by Crippen LogP contribution is 2.28. The van der Waals surface area contributed by atoms with Crippen LogP contribution in [-0.4, -0.2) is 23.2 Å². The summed E-state index contributed by atoms with van der Waals surface area (Å²) in [6.07, 6.45) is 7.25. The van der Waals surface area contributed by atoms with Crippen molar-refractivity contribution in [3.63, 3.8) is 0 Å². The predicted molar refractivity (Wildman–Crippen MR) is 65.1 cm³/mol. The van der Waals surface area contributed by atoms with Crippen molar-refractivity contribution in [1.29, 1.82) is 0 Å². The molecule has 0 bridgehead atoms. The second-order valence-electron chi connectivity index (χ2n) is 5.24. The van der Waals surface area contributed by atoms with Crippen LogP contribution < -0.4 is 5.32 Å². The van der Waals surface area contributed by atoms with Crippen molar-refractivity contribution >= 4 is 5.91 Å². The molecule has 94 valence electrons. The molecule has 3 nitrogen and oxygen atoms in total. The lowest BCUT2D eigenvalue weighted by molar-refractivity contribution is -0.122. The van der Waals surface area contributed by atoms with Crippen molar-refractivity contribution in [2.45, 2.75) is 70.9 Å². The lowest BCUT2D eigenvalue weighted by atomic mass is 10.0. The van der Waals surface area contributed by atoms with Crippen molar-refractivity contribution in [2.24, 2.45) is 5.92 Å². The molecule has 1 rings (SSSR count). The topological polar surface area (TPSA) is 49.3 Å². The van der Waals surface area contributed by atoms with E-state index in [1.165, 1.54) is 25.7 Å². The van der Waals surface area contributed by atoms with Gasteiger partial charge >= 0.3 is 0 Å². The van der Waals surface area contributed by atoms with Crippen molar-refractivity contribution in [2.75, 3.05) is 0 Å². The molecule has 1 aliphatic carbocycles. The van der Waals surface area contributed by atoms with Gasteiger partial charge in [-0.25, -0.2) is 0 Å². The molecule has 1 aliphatic rings. The molecule has 0 heterocycles. The third-order valence-corrected chi connectivity index (χ3v) is 3.36. The van der Waals surface area contributed by atoms with E-state index in [2.05, 4.69) is 5.32 Å². The molecule has 2 unspecified atom stereocenters. The molecule has 1 amide bonds. The summed E-state index contributed by atoms with van der Waals surface area (Å²) in [5.74, 6) is 0.915. The van der Waals surface area contributed by atoms with Gasteiger partial charge in [0.25, 0.3) is 0 Å². The number of nitrogens with one attached hydrogen (secondary N) is 1. The Kier molecular flexibility index (Phi) is 5.81. The van der Waals surface area contributed by atoms with Crippen LogP contribution in [0.5, 0.6) is 0 Å². The van der Waals surface area contributed by atoms with E-state index in [-0.39, 0.29) is 18.1 Å². The molecule has 16 heavy (non-hydrogen) atoms. The van der Waals surface area contributed by atoms with Gasteiger partial charge in [0.15, 0.2) is 0 Å². The summed E-state index contributed by atoms with van der Waals surface area (Å²) in [6.45, 7) is 3.70. The fourth-order valence-corrected chi connectivity index (χ4v) is 2.55. The van der Waals surface area contributed by atoms with Gasteiger partial charge in [-0.2, -0.15) is 0 Å². The number of carbonyl (C=O) groups excluding carboxylic acids is 1. The van der Waals surface area contributed by atoms with Crippen LogP contribution in [0.1, 0.15) is 58.8 Å². The van der Waals surface area contributed by atoms with Crippen LogP contribution in [0.15, 0.2) is 0 Å². The van der Waals surface area contributed by atoms with E-state index in [4.69, 9.17) is 0 Å². The summed E-state index contributed by atoms with van der Waals surface area (Å²) < 4.78 is 0. The maximum atomic E-state index is 11.6. The Labute approximate surface area is 98.6 Å². The van der Waals surface area contributed by atoms with Crippen LogP contribution in [0.25, 0.3) is 0 Å². The molecule has 0 saturated heterocycles. The number of amides is 1. The van der Waals surface area contributed by atoms with Gasteiger partial charge in [0.05, 0.1) is 6.10 Å². The Bertz CT molecular complexity index is 210. The monoisotopic (exact) mass is 227 g/mol. The Balaban J connectivity index is 2.09. The molecule has 0 radical (unpaired) electrons. The Morgan fingerprint density at radius 3 is 2.56 bits per heavy atom. The van der Waals surface area contributed by atoms with E-state index in [0.717, 1.165) is 12.3 Å². The predicted octanol–water partition coefficient (Wildman–Crippen LogP) is 2.23. The number of aliphatic hydroxyl groups excluding tert-OH is 1. The van der Waals surface area contributed by atoms with Gasteiger partial charge < -0.3 is 10.4 Å². The molecule has 2 N–H and O–H groups in total. The quantitative estimate of drug-likeness (QED) is 0.731. The van der Waals surface area contributed by atoms with E-state index in [9.17, 15) is 9.90 Å². The van der Waals surface area contributed by atoms with Gasteiger partial charge in [-0.15, -0.1) is 0 Å². The third kappa shape index (κ3) is 5.50. The summed E-state index contributed by atoms with van der Waals surface area (Å²) in [7, 11) is 0. The minimum atomic E-state index is -0.342. The summed E-state index contributed by atoms with van der Waals surface area (Å²) in [5.41, 5.74) is 0. The van der Waals surface area contributed by atoms with Gasteiger partial charge in [0.2, 0.25) is 5.91 Å². The zero-order chi connectivity index (χ0) is 12.0. The SMILES string of the molecule is CC(O)CC(C)NC(=O)CCC1CCCC1. The Morgan fingerprint density at radius 1 is 1.38 bits per heavy atom. The van der Waals surface area contributed by atoms with Crippen LogP contribution >= 0.6 is 0 Å². The van der Waals surface area contributed by atoms with Gasteiger partial charge in [-0.3, -0.25) is 4.79 Å². The highest BCUT2D eigenvalue weighted by Gasteiger charge is 2.17. The highest BCUT2D eigenvalue weighted by atomic mass is 16.3. The number of aliphatic hydroxyl groups is 1. The first-order chi connectivity index (χ1) is 7.58. The Hall–Kier alpha value is -0.570. The average molecular weight is 227 g/mol. The summed E-state index contributed by atoms with van der Waals surface area (Å²) in [6, 6.07) is 0.0797. The fraction of sp³-hybridized carbons (Fsp3) is 0.923. The highest BCUT2D eigenvalue weighted by molar-refractivity contribution is 5.76. The second kappa shape index (κ2) is 6.89. The van der Waals surface area contributed by atoms with Gasteiger partial charge in [-0.1, -0.05) is 25.7 Å². The molecule has 0 spiro atoms. The average Bonchev–Trinajstić information content (AvgIpc) is 2.65. The van der Waals surface area contributed by atoms with Crippen LogP contribution in [0.2, 0.25) is 0 Å². The minimum Gasteiger partial charge on any atom is -0.393 e. The van der Waals surface area contributed by atoms with E-state index in [1.807, 2.05) is 6.92 Å². The molecule has 2 atom stereocenters. The fourth-order valence-electron chi connectivity index (χ4n) is 2.55. The van der Waals surface area contributed by atoms with Crippen LogP contribution in [0.3, 0.4) is 0 Å². The zero-order valence-electron chi connectivity index (χ0n) is 10.5.